The average Bonchev–Trinajstić information content (AvgIpc) is 3.08. The second-order valence-corrected chi connectivity index (χ2v) is 6.63. The molecule has 3 aromatic rings. The minimum atomic E-state index is -4.53. The number of hydrogen-bond donors (Lipinski definition) is 2. The first-order valence-corrected chi connectivity index (χ1v) is 8.28. The Morgan fingerprint density at radius 2 is 1.76 bits per heavy atom. The number of alkyl halides is 3. The number of anilines is 1. The highest BCUT2D eigenvalue weighted by atomic mass is 32.2. The molecule has 1 heterocycles. The highest BCUT2D eigenvalue weighted by molar-refractivity contribution is 7.92. The lowest BCUT2D eigenvalue weighted by Gasteiger charge is -2.10. The maximum absolute atomic E-state index is 12.6. The van der Waals surface area contributed by atoms with Crippen LogP contribution < -0.4 is 4.72 Å². The number of sulfonamides is 1. The zero-order valence-corrected chi connectivity index (χ0v) is 13.1. The first-order valence-electron chi connectivity index (χ1n) is 6.80. The predicted molar refractivity (Wildman–Crippen MR) is 81.9 cm³/mol. The lowest BCUT2D eigenvalue weighted by Crippen LogP contribution is -2.13. The van der Waals surface area contributed by atoms with Crippen molar-refractivity contribution in [1.82, 2.24) is 20.6 Å². The number of tetrazole rings is 1. The Morgan fingerprint density at radius 3 is 2.36 bits per heavy atom. The molecule has 2 N–H and O–H groups in total. The molecular weight excluding hydrogens is 359 g/mol. The van der Waals surface area contributed by atoms with Crippen molar-refractivity contribution in [3.05, 3.63) is 54.1 Å². The maximum atomic E-state index is 12.6. The van der Waals surface area contributed by atoms with Crippen molar-refractivity contribution in [3.8, 4) is 11.4 Å². The molecule has 0 amide bonds. The Kier molecular flexibility index (Phi) is 4.17. The summed E-state index contributed by atoms with van der Waals surface area (Å²) in [5.41, 5.74) is -0.200. The standard InChI is InChI=1S/C14H10F3N5O2S/c15-14(16,17)10-4-6-12(7-5-10)25(23,24)20-11-3-1-2-9(8-11)13-18-21-22-19-13/h1-8,20H,(H,18,19,21,22). The molecule has 0 saturated heterocycles. The molecule has 0 atom stereocenters. The van der Waals surface area contributed by atoms with E-state index in [1.165, 1.54) is 12.1 Å². The molecule has 130 valence electrons. The Labute approximate surface area is 139 Å². The minimum Gasteiger partial charge on any atom is -0.280 e. The van der Waals surface area contributed by atoms with Crippen LogP contribution in [-0.4, -0.2) is 29.0 Å². The quantitative estimate of drug-likeness (QED) is 0.736. The second kappa shape index (κ2) is 6.16. The zero-order valence-electron chi connectivity index (χ0n) is 12.3. The number of aromatic amines is 1. The summed E-state index contributed by atoms with van der Waals surface area (Å²) in [5, 5.41) is 13.3. The van der Waals surface area contributed by atoms with Crippen LogP contribution >= 0.6 is 0 Å². The normalized spacial score (nSPS) is 12.1. The van der Waals surface area contributed by atoms with Crippen LogP contribution in [0.4, 0.5) is 18.9 Å². The van der Waals surface area contributed by atoms with E-state index < -0.39 is 21.8 Å². The van der Waals surface area contributed by atoms with Gasteiger partial charge in [-0.3, -0.25) is 4.72 Å². The summed E-state index contributed by atoms with van der Waals surface area (Å²) in [7, 11) is -4.04. The Hall–Kier alpha value is -2.95. The molecular formula is C14H10F3N5O2S. The van der Waals surface area contributed by atoms with Gasteiger partial charge in [0.25, 0.3) is 10.0 Å². The van der Waals surface area contributed by atoms with Gasteiger partial charge in [-0.05, 0) is 41.6 Å². The lowest BCUT2D eigenvalue weighted by atomic mass is 10.2. The molecule has 7 nitrogen and oxygen atoms in total. The van der Waals surface area contributed by atoms with Crippen molar-refractivity contribution in [2.24, 2.45) is 0 Å². The topological polar surface area (TPSA) is 101 Å². The summed E-state index contributed by atoms with van der Waals surface area (Å²) in [6.07, 6.45) is -4.53. The Balaban J connectivity index is 1.86. The molecule has 0 bridgehead atoms. The van der Waals surface area contributed by atoms with Crippen LogP contribution in [0, 0.1) is 0 Å². The summed E-state index contributed by atoms with van der Waals surface area (Å²) in [4.78, 5) is -0.287. The van der Waals surface area contributed by atoms with E-state index in [-0.39, 0.29) is 16.4 Å². The van der Waals surface area contributed by atoms with Gasteiger partial charge in [-0.2, -0.15) is 18.4 Å². The average molecular weight is 369 g/mol. The number of nitrogens with one attached hydrogen (secondary N) is 2. The van der Waals surface area contributed by atoms with E-state index >= 15 is 0 Å². The van der Waals surface area contributed by atoms with Gasteiger partial charge in [0.1, 0.15) is 0 Å². The first kappa shape index (κ1) is 16.9. The van der Waals surface area contributed by atoms with Gasteiger partial charge in [0, 0.05) is 11.3 Å². The second-order valence-electron chi connectivity index (χ2n) is 4.94. The highest BCUT2D eigenvalue weighted by Crippen LogP contribution is 2.30. The SMILES string of the molecule is O=S(=O)(Nc1cccc(-c2nn[nH]n2)c1)c1ccc(C(F)(F)F)cc1. The van der Waals surface area contributed by atoms with E-state index in [9.17, 15) is 21.6 Å². The number of rotatable bonds is 4. The molecule has 0 aliphatic rings. The smallest absolute Gasteiger partial charge is 0.280 e. The van der Waals surface area contributed by atoms with Gasteiger partial charge in [-0.15, -0.1) is 10.2 Å². The molecule has 25 heavy (non-hydrogen) atoms. The van der Waals surface area contributed by atoms with Gasteiger partial charge in [0.15, 0.2) is 0 Å². The number of hydrogen-bond acceptors (Lipinski definition) is 5. The van der Waals surface area contributed by atoms with Crippen LogP contribution in [0.3, 0.4) is 0 Å². The molecule has 0 aliphatic carbocycles. The highest BCUT2D eigenvalue weighted by Gasteiger charge is 2.30. The van der Waals surface area contributed by atoms with Crippen molar-refractivity contribution in [1.29, 1.82) is 0 Å². The maximum Gasteiger partial charge on any atom is 0.416 e. The lowest BCUT2D eigenvalue weighted by molar-refractivity contribution is -0.137. The largest absolute Gasteiger partial charge is 0.416 e. The van der Waals surface area contributed by atoms with Crippen LogP contribution in [-0.2, 0) is 16.2 Å². The number of nitrogens with zero attached hydrogens (tertiary/aromatic N) is 3. The fourth-order valence-corrected chi connectivity index (χ4v) is 3.09. The first-order chi connectivity index (χ1) is 11.8. The van der Waals surface area contributed by atoms with Crippen LogP contribution in [0.25, 0.3) is 11.4 Å². The molecule has 3 rings (SSSR count). The van der Waals surface area contributed by atoms with Crippen LogP contribution in [0.2, 0.25) is 0 Å². The third-order valence-electron chi connectivity index (χ3n) is 3.21. The van der Waals surface area contributed by atoms with Crippen LogP contribution in [0.15, 0.2) is 53.4 Å². The number of halogens is 3. The van der Waals surface area contributed by atoms with Crippen molar-refractivity contribution in [2.45, 2.75) is 11.1 Å². The van der Waals surface area contributed by atoms with Crippen molar-refractivity contribution >= 4 is 15.7 Å². The number of benzene rings is 2. The monoisotopic (exact) mass is 369 g/mol. The van der Waals surface area contributed by atoms with Gasteiger partial charge >= 0.3 is 6.18 Å². The van der Waals surface area contributed by atoms with E-state index in [0.29, 0.717) is 17.7 Å². The molecule has 0 saturated carbocycles. The van der Waals surface area contributed by atoms with Crippen molar-refractivity contribution in [2.75, 3.05) is 4.72 Å². The van der Waals surface area contributed by atoms with Crippen molar-refractivity contribution < 1.29 is 21.6 Å². The number of aromatic nitrogens is 4. The van der Waals surface area contributed by atoms with Crippen LogP contribution in [0.5, 0.6) is 0 Å². The fraction of sp³-hybridized carbons (Fsp3) is 0.0714. The van der Waals surface area contributed by atoms with E-state index in [1.807, 2.05) is 0 Å². The molecule has 0 aliphatic heterocycles. The van der Waals surface area contributed by atoms with Gasteiger partial charge < -0.3 is 0 Å². The van der Waals surface area contributed by atoms with Gasteiger partial charge in [0.2, 0.25) is 5.82 Å². The summed E-state index contributed by atoms with van der Waals surface area (Å²) in [5.74, 6) is 0.274. The van der Waals surface area contributed by atoms with Crippen LogP contribution in [0.1, 0.15) is 5.56 Å². The van der Waals surface area contributed by atoms with Gasteiger partial charge in [0.05, 0.1) is 10.5 Å². The van der Waals surface area contributed by atoms with E-state index in [0.717, 1.165) is 12.1 Å². The third-order valence-corrected chi connectivity index (χ3v) is 4.61. The van der Waals surface area contributed by atoms with E-state index in [4.69, 9.17) is 0 Å². The molecule has 1 aromatic heterocycles. The molecule has 0 spiro atoms. The van der Waals surface area contributed by atoms with Gasteiger partial charge in [-0.1, -0.05) is 12.1 Å². The Morgan fingerprint density at radius 1 is 1.04 bits per heavy atom. The molecule has 0 unspecified atom stereocenters. The zero-order chi connectivity index (χ0) is 18.1. The Bertz CT molecular complexity index is 970. The molecule has 0 radical (unpaired) electrons. The molecule has 2 aromatic carbocycles. The third kappa shape index (κ3) is 3.76. The van der Waals surface area contributed by atoms with Gasteiger partial charge in [-0.25, -0.2) is 8.42 Å². The summed E-state index contributed by atoms with van der Waals surface area (Å²) < 4.78 is 64.6. The molecule has 11 heteroatoms. The number of H-pyrrole nitrogens is 1. The van der Waals surface area contributed by atoms with E-state index in [2.05, 4.69) is 25.3 Å². The minimum absolute atomic E-state index is 0.210. The summed E-state index contributed by atoms with van der Waals surface area (Å²) in [6.45, 7) is 0. The van der Waals surface area contributed by atoms with E-state index in [1.54, 1.807) is 12.1 Å². The summed E-state index contributed by atoms with van der Waals surface area (Å²) in [6, 6.07) is 9.42. The molecule has 0 fully saturated rings. The predicted octanol–water partition coefficient (Wildman–Crippen LogP) is 2.69. The van der Waals surface area contributed by atoms with Crippen molar-refractivity contribution in [3.63, 3.8) is 0 Å². The summed E-state index contributed by atoms with van der Waals surface area (Å²) >= 11 is 0. The fourth-order valence-electron chi connectivity index (χ4n) is 2.04.